The van der Waals surface area contributed by atoms with Crippen LogP contribution >= 0.6 is 0 Å². The number of ether oxygens (including phenoxy) is 1. The van der Waals surface area contributed by atoms with Crippen molar-refractivity contribution < 1.29 is 14.3 Å². The van der Waals surface area contributed by atoms with Crippen molar-refractivity contribution in [3.8, 4) is 5.75 Å². The second-order valence-electron chi connectivity index (χ2n) is 4.27. The first kappa shape index (κ1) is 11.4. The van der Waals surface area contributed by atoms with Crippen LogP contribution in [0.15, 0.2) is 24.3 Å². The third-order valence-electron chi connectivity index (χ3n) is 2.83. The number of hydrogen-bond acceptors (Lipinski definition) is 3. The summed E-state index contributed by atoms with van der Waals surface area (Å²) >= 11 is 0. The van der Waals surface area contributed by atoms with Gasteiger partial charge in [0.15, 0.2) is 0 Å². The third-order valence-corrected chi connectivity index (χ3v) is 2.83. The van der Waals surface area contributed by atoms with Crippen LogP contribution in [0.3, 0.4) is 0 Å². The highest BCUT2D eigenvalue weighted by Crippen LogP contribution is 2.19. The maximum absolute atomic E-state index is 11.6. The highest BCUT2D eigenvalue weighted by atomic mass is 16.5. The average molecular weight is 234 g/mol. The van der Waals surface area contributed by atoms with Gasteiger partial charge in [0.2, 0.25) is 0 Å². The second-order valence-corrected chi connectivity index (χ2v) is 4.27. The van der Waals surface area contributed by atoms with E-state index in [-0.39, 0.29) is 5.91 Å². The normalized spacial score (nSPS) is 23.2. The van der Waals surface area contributed by atoms with Gasteiger partial charge in [-0.2, -0.15) is 0 Å². The van der Waals surface area contributed by atoms with E-state index in [1.807, 2.05) is 24.3 Å². The first-order chi connectivity index (χ1) is 8.03. The van der Waals surface area contributed by atoms with Crippen molar-refractivity contribution in [1.29, 1.82) is 0 Å². The lowest BCUT2D eigenvalue weighted by molar-refractivity contribution is -0.123. The van der Waals surface area contributed by atoms with Crippen LogP contribution in [-0.2, 0) is 11.2 Å². The number of nitrogens with one attached hydrogen (secondary N) is 2. The monoisotopic (exact) mass is 234 g/mol. The van der Waals surface area contributed by atoms with Gasteiger partial charge in [0, 0.05) is 6.42 Å². The Bertz CT molecular complexity index is 455. The molecule has 2 N–H and O–H groups in total. The molecule has 1 unspecified atom stereocenters. The molecule has 0 bridgehead atoms. The third kappa shape index (κ3) is 2.22. The lowest BCUT2D eigenvalue weighted by Gasteiger charge is -2.20. The summed E-state index contributed by atoms with van der Waals surface area (Å²) in [6.45, 7) is 1.71. The van der Waals surface area contributed by atoms with Crippen LogP contribution in [0, 0.1) is 0 Å². The first-order valence-electron chi connectivity index (χ1n) is 5.30. The maximum Gasteiger partial charge on any atom is 0.322 e. The number of carbonyl (C=O) groups is 2. The Morgan fingerprint density at radius 2 is 1.88 bits per heavy atom. The Labute approximate surface area is 99.2 Å². The second kappa shape index (κ2) is 4.08. The van der Waals surface area contributed by atoms with Gasteiger partial charge >= 0.3 is 6.03 Å². The molecule has 1 aliphatic rings. The minimum absolute atomic E-state index is 0.293. The number of imide groups is 1. The molecule has 1 aromatic rings. The minimum Gasteiger partial charge on any atom is -0.497 e. The summed E-state index contributed by atoms with van der Waals surface area (Å²) in [5.74, 6) is 0.470. The zero-order chi connectivity index (χ0) is 12.5. The van der Waals surface area contributed by atoms with Crippen molar-refractivity contribution >= 4 is 11.9 Å². The van der Waals surface area contributed by atoms with E-state index < -0.39 is 11.6 Å². The quantitative estimate of drug-likeness (QED) is 0.761. The van der Waals surface area contributed by atoms with Crippen molar-refractivity contribution in [2.45, 2.75) is 18.9 Å². The molecule has 1 heterocycles. The molecule has 17 heavy (non-hydrogen) atoms. The van der Waals surface area contributed by atoms with Gasteiger partial charge in [0.05, 0.1) is 7.11 Å². The number of benzene rings is 1. The van der Waals surface area contributed by atoms with Crippen LogP contribution in [0.2, 0.25) is 0 Å². The number of methoxy groups -OCH3 is 1. The molecule has 90 valence electrons. The van der Waals surface area contributed by atoms with Gasteiger partial charge in [-0.25, -0.2) is 4.79 Å². The predicted octanol–water partition coefficient (Wildman–Crippen LogP) is 0.836. The molecule has 5 heteroatoms. The zero-order valence-electron chi connectivity index (χ0n) is 9.74. The summed E-state index contributed by atoms with van der Waals surface area (Å²) in [6.07, 6.45) is 0.453. The number of carbonyl (C=O) groups excluding carboxylic acids is 2. The summed E-state index contributed by atoms with van der Waals surface area (Å²) in [5.41, 5.74) is 0.0942. The molecular weight excluding hydrogens is 220 g/mol. The fraction of sp³-hybridized carbons (Fsp3) is 0.333. The minimum atomic E-state index is -0.869. The molecule has 1 atom stereocenters. The predicted molar refractivity (Wildman–Crippen MR) is 61.8 cm³/mol. The Morgan fingerprint density at radius 3 is 2.35 bits per heavy atom. The Balaban J connectivity index is 2.14. The molecule has 1 saturated heterocycles. The smallest absolute Gasteiger partial charge is 0.322 e. The zero-order valence-corrected chi connectivity index (χ0v) is 9.74. The molecule has 1 fully saturated rings. The van der Waals surface area contributed by atoms with Crippen molar-refractivity contribution in [2.24, 2.45) is 0 Å². The van der Waals surface area contributed by atoms with Gasteiger partial charge in [-0.15, -0.1) is 0 Å². The molecule has 0 spiro atoms. The van der Waals surface area contributed by atoms with Crippen molar-refractivity contribution in [2.75, 3.05) is 7.11 Å². The first-order valence-corrected chi connectivity index (χ1v) is 5.30. The van der Waals surface area contributed by atoms with Crippen LogP contribution in [0.5, 0.6) is 5.75 Å². The average Bonchev–Trinajstić information content (AvgIpc) is 2.53. The van der Waals surface area contributed by atoms with Crippen LogP contribution in [-0.4, -0.2) is 24.6 Å². The van der Waals surface area contributed by atoms with Crippen molar-refractivity contribution in [3.63, 3.8) is 0 Å². The van der Waals surface area contributed by atoms with Crippen LogP contribution in [0.1, 0.15) is 12.5 Å². The van der Waals surface area contributed by atoms with E-state index in [2.05, 4.69) is 10.6 Å². The number of hydrogen-bond donors (Lipinski definition) is 2. The van der Waals surface area contributed by atoms with Crippen LogP contribution in [0.4, 0.5) is 4.79 Å². The van der Waals surface area contributed by atoms with E-state index in [1.54, 1.807) is 14.0 Å². The van der Waals surface area contributed by atoms with E-state index in [4.69, 9.17) is 4.74 Å². The highest BCUT2D eigenvalue weighted by molar-refractivity contribution is 6.06. The fourth-order valence-electron chi connectivity index (χ4n) is 1.86. The molecular formula is C12H14N2O3. The number of rotatable bonds is 3. The lowest BCUT2D eigenvalue weighted by atomic mass is 9.93. The SMILES string of the molecule is COc1ccc(CC2(C)NC(=O)NC2=O)cc1. The van der Waals surface area contributed by atoms with Gasteiger partial charge in [-0.1, -0.05) is 12.1 Å². The Hall–Kier alpha value is -2.04. The van der Waals surface area contributed by atoms with E-state index in [0.717, 1.165) is 11.3 Å². The number of amides is 3. The molecule has 2 rings (SSSR count). The molecule has 0 aromatic heterocycles. The van der Waals surface area contributed by atoms with E-state index in [9.17, 15) is 9.59 Å². The number of urea groups is 1. The Morgan fingerprint density at radius 1 is 1.24 bits per heavy atom. The van der Waals surface area contributed by atoms with Crippen LogP contribution in [0.25, 0.3) is 0 Å². The molecule has 3 amide bonds. The maximum atomic E-state index is 11.6. The van der Waals surface area contributed by atoms with Crippen molar-refractivity contribution in [1.82, 2.24) is 10.6 Å². The summed E-state index contributed by atoms with van der Waals surface area (Å²) in [4.78, 5) is 22.7. The standard InChI is InChI=1S/C12H14N2O3/c1-12(10(15)13-11(16)14-12)7-8-3-5-9(17-2)6-4-8/h3-6H,7H2,1-2H3,(H2,13,14,15,16). The summed E-state index contributed by atoms with van der Waals surface area (Å²) < 4.78 is 5.05. The van der Waals surface area contributed by atoms with Gasteiger partial charge < -0.3 is 10.1 Å². The molecule has 1 aliphatic heterocycles. The van der Waals surface area contributed by atoms with Gasteiger partial charge in [0.25, 0.3) is 5.91 Å². The summed E-state index contributed by atoms with van der Waals surface area (Å²) in [7, 11) is 1.60. The molecule has 5 nitrogen and oxygen atoms in total. The summed E-state index contributed by atoms with van der Waals surface area (Å²) in [5, 5.41) is 4.86. The van der Waals surface area contributed by atoms with E-state index >= 15 is 0 Å². The van der Waals surface area contributed by atoms with Gasteiger partial charge in [-0.05, 0) is 24.6 Å². The molecule has 0 radical (unpaired) electrons. The lowest BCUT2D eigenvalue weighted by Crippen LogP contribution is -2.45. The summed E-state index contributed by atoms with van der Waals surface area (Å²) in [6, 6.07) is 6.97. The van der Waals surface area contributed by atoms with Crippen LogP contribution < -0.4 is 15.4 Å². The molecule has 0 aliphatic carbocycles. The topological polar surface area (TPSA) is 67.4 Å². The highest BCUT2D eigenvalue weighted by Gasteiger charge is 2.41. The van der Waals surface area contributed by atoms with E-state index in [0.29, 0.717) is 6.42 Å². The van der Waals surface area contributed by atoms with Crippen molar-refractivity contribution in [3.05, 3.63) is 29.8 Å². The largest absolute Gasteiger partial charge is 0.497 e. The molecule has 1 aromatic carbocycles. The Kier molecular flexibility index (Phi) is 2.75. The fourth-order valence-corrected chi connectivity index (χ4v) is 1.86. The molecule has 0 saturated carbocycles. The van der Waals surface area contributed by atoms with Gasteiger partial charge in [0.1, 0.15) is 11.3 Å². The van der Waals surface area contributed by atoms with E-state index in [1.165, 1.54) is 0 Å². The van der Waals surface area contributed by atoms with Gasteiger partial charge in [-0.3, -0.25) is 10.1 Å².